The van der Waals surface area contributed by atoms with Crippen LogP contribution in [0.4, 0.5) is 14.5 Å². The molecule has 1 heterocycles. The molecule has 1 aliphatic heterocycles. The van der Waals surface area contributed by atoms with Crippen LogP contribution >= 0.6 is 0 Å². The molecule has 130 valence electrons. The number of carbonyl (C=O) groups excluding carboxylic acids is 2. The first-order valence-corrected chi connectivity index (χ1v) is 8.40. The average Bonchev–Trinajstić information content (AvgIpc) is 2.83. The lowest BCUT2D eigenvalue weighted by molar-refractivity contribution is -0.151. The molecule has 0 bridgehead atoms. The zero-order chi connectivity index (χ0) is 17.3. The van der Waals surface area contributed by atoms with Gasteiger partial charge >= 0.3 is 5.97 Å². The Bertz CT molecular complexity index is 643. The van der Waals surface area contributed by atoms with Gasteiger partial charge < -0.3 is 9.64 Å². The zero-order valence-corrected chi connectivity index (χ0v) is 13.7. The number of hydrogen-bond donors (Lipinski definition) is 0. The van der Waals surface area contributed by atoms with Crippen molar-refractivity contribution < 1.29 is 23.1 Å². The third-order valence-corrected chi connectivity index (χ3v) is 5.14. The number of esters is 1. The molecule has 1 saturated carbocycles. The quantitative estimate of drug-likeness (QED) is 0.794. The van der Waals surface area contributed by atoms with E-state index in [-0.39, 0.29) is 23.5 Å². The molecule has 2 unspecified atom stereocenters. The molecule has 0 radical (unpaired) electrons. The summed E-state index contributed by atoms with van der Waals surface area (Å²) in [5.41, 5.74) is -0.369. The molecule has 3 rings (SSSR count). The number of amides is 1. The van der Waals surface area contributed by atoms with Gasteiger partial charge in [-0.25, -0.2) is 8.78 Å². The molecule has 6 heteroatoms. The smallest absolute Gasteiger partial charge is 0.308 e. The molecule has 2 fully saturated rings. The van der Waals surface area contributed by atoms with Crippen molar-refractivity contribution >= 4 is 17.6 Å². The van der Waals surface area contributed by atoms with Crippen LogP contribution in [0, 0.1) is 23.0 Å². The van der Waals surface area contributed by atoms with E-state index in [4.69, 9.17) is 4.74 Å². The zero-order valence-electron chi connectivity index (χ0n) is 13.7. The minimum absolute atomic E-state index is 0.138. The summed E-state index contributed by atoms with van der Waals surface area (Å²) in [5, 5.41) is 0. The highest BCUT2D eigenvalue weighted by Crippen LogP contribution is 2.48. The molecule has 24 heavy (non-hydrogen) atoms. The fraction of sp³-hybridized carbons (Fsp3) is 0.556. The van der Waals surface area contributed by atoms with Crippen molar-refractivity contribution in [3.05, 3.63) is 29.8 Å². The maximum absolute atomic E-state index is 13.5. The molecule has 1 aliphatic carbocycles. The Balaban J connectivity index is 1.81. The lowest BCUT2D eigenvalue weighted by Crippen LogP contribution is -2.40. The number of rotatable bonds is 3. The highest BCUT2D eigenvalue weighted by atomic mass is 19.1. The summed E-state index contributed by atoms with van der Waals surface area (Å²) in [6.45, 7) is 2.50. The molecule has 1 amide bonds. The van der Waals surface area contributed by atoms with Gasteiger partial charge in [-0.05, 0) is 44.7 Å². The standard InChI is InChI=1S/C18H21F2NO3/c1-2-24-16(22)12-4-3-5-18(11-12)6-7-21(17(18)23)15-9-13(19)8-14(20)10-15/h8-10,12H,2-7,11H2,1H3. The van der Waals surface area contributed by atoms with Gasteiger partial charge in [0.05, 0.1) is 17.9 Å². The molecule has 1 spiro atoms. The van der Waals surface area contributed by atoms with E-state index in [0.717, 1.165) is 18.9 Å². The summed E-state index contributed by atoms with van der Waals surface area (Å²) in [4.78, 5) is 26.4. The Hall–Kier alpha value is -1.98. The third kappa shape index (κ3) is 3.01. The molecule has 2 aliphatic rings. The van der Waals surface area contributed by atoms with Crippen molar-refractivity contribution in [1.82, 2.24) is 0 Å². The monoisotopic (exact) mass is 337 g/mol. The normalized spacial score (nSPS) is 26.9. The molecule has 0 aromatic heterocycles. The average molecular weight is 337 g/mol. The minimum Gasteiger partial charge on any atom is -0.466 e. The summed E-state index contributed by atoms with van der Waals surface area (Å²) in [6.07, 6.45) is 3.26. The molecular weight excluding hydrogens is 316 g/mol. The van der Waals surface area contributed by atoms with Crippen LogP contribution in [0.2, 0.25) is 0 Å². The number of halogens is 2. The predicted molar refractivity (Wildman–Crippen MR) is 84.4 cm³/mol. The van der Waals surface area contributed by atoms with E-state index < -0.39 is 17.0 Å². The largest absolute Gasteiger partial charge is 0.466 e. The molecule has 2 atom stereocenters. The van der Waals surface area contributed by atoms with E-state index in [9.17, 15) is 18.4 Å². The summed E-state index contributed by atoms with van der Waals surface area (Å²) in [5.74, 6) is -2.06. The van der Waals surface area contributed by atoms with E-state index in [1.165, 1.54) is 17.0 Å². The van der Waals surface area contributed by atoms with Crippen molar-refractivity contribution in [2.24, 2.45) is 11.3 Å². The summed E-state index contributed by atoms with van der Waals surface area (Å²) in [7, 11) is 0. The fourth-order valence-corrected chi connectivity index (χ4v) is 4.01. The molecule has 4 nitrogen and oxygen atoms in total. The Morgan fingerprint density at radius 3 is 2.67 bits per heavy atom. The first-order chi connectivity index (χ1) is 11.4. The van der Waals surface area contributed by atoms with Gasteiger partial charge in [-0.1, -0.05) is 6.42 Å². The van der Waals surface area contributed by atoms with E-state index >= 15 is 0 Å². The summed E-state index contributed by atoms with van der Waals surface area (Å²) in [6, 6.07) is 3.13. The number of anilines is 1. The van der Waals surface area contributed by atoms with Crippen molar-refractivity contribution in [2.45, 2.75) is 39.0 Å². The van der Waals surface area contributed by atoms with Crippen LogP contribution in [0.3, 0.4) is 0 Å². The second-order valence-electron chi connectivity index (χ2n) is 6.66. The SMILES string of the molecule is CCOC(=O)C1CCCC2(CCN(c3cc(F)cc(F)c3)C2=O)C1. The first kappa shape index (κ1) is 16.9. The van der Waals surface area contributed by atoms with Gasteiger partial charge in [0.1, 0.15) is 11.6 Å². The molecule has 0 N–H and O–H groups in total. The highest BCUT2D eigenvalue weighted by molar-refractivity contribution is 6.00. The van der Waals surface area contributed by atoms with Gasteiger partial charge in [0, 0.05) is 18.3 Å². The first-order valence-electron chi connectivity index (χ1n) is 8.40. The van der Waals surface area contributed by atoms with Gasteiger partial charge in [-0.2, -0.15) is 0 Å². The fourth-order valence-electron chi connectivity index (χ4n) is 4.01. The Morgan fingerprint density at radius 1 is 1.29 bits per heavy atom. The van der Waals surface area contributed by atoms with Gasteiger partial charge in [-0.3, -0.25) is 9.59 Å². The van der Waals surface area contributed by atoms with Gasteiger partial charge in [-0.15, -0.1) is 0 Å². The van der Waals surface area contributed by atoms with Gasteiger partial charge in [0.2, 0.25) is 5.91 Å². The van der Waals surface area contributed by atoms with Crippen LogP contribution in [-0.4, -0.2) is 25.0 Å². The van der Waals surface area contributed by atoms with E-state index in [0.29, 0.717) is 32.4 Å². The summed E-state index contributed by atoms with van der Waals surface area (Å²) < 4.78 is 32.0. The van der Waals surface area contributed by atoms with Gasteiger partial charge in [0.25, 0.3) is 0 Å². The molecule has 1 aromatic rings. The highest BCUT2D eigenvalue weighted by Gasteiger charge is 2.50. The van der Waals surface area contributed by atoms with Crippen molar-refractivity contribution in [3.8, 4) is 0 Å². The predicted octanol–water partition coefficient (Wildman–Crippen LogP) is 3.44. The third-order valence-electron chi connectivity index (χ3n) is 5.14. The van der Waals surface area contributed by atoms with Crippen LogP contribution < -0.4 is 4.90 Å². The van der Waals surface area contributed by atoms with Crippen LogP contribution in [0.25, 0.3) is 0 Å². The van der Waals surface area contributed by atoms with E-state index in [2.05, 4.69) is 0 Å². The second-order valence-corrected chi connectivity index (χ2v) is 6.66. The number of ether oxygens (including phenoxy) is 1. The molecule has 1 aromatic carbocycles. The Labute approximate surface area is 139 Å². The lowest BCUT2D eigenvalue weighted by atomic mass is 9.68. The lowest BCUT2D eigenvalue weighted by Gasteiger charge is -2.35. The van der Waals surface area contributed by atoms with Gasteiger partial charge in [0.15, 0.2) is 0 Å². The molecular formula is C18H21F2NO3. The van der Waals surface area contributed by atoms with Crippen LogP contribution in [0.1, 0.15) is 39.0 Å². The molecule has 1 saturated heterocycles. The maximum atomic E-state index is 13.5. The van der Waals surface area contributed by atoms with Crippen molar-refractivity contribution in [1.29, 1.82) is 0 Å². The number of carbonyl (C=O) groups is 2. The second kappa shape index (κ2) is 6.49. The van der Waals surface area contributed by atoms with E-state index in [1.807, 2.05) is 0 Å². The van der Waals surface area contributed by atoms with Crippen molar-refractivity contribution in [3.63, 3.8) is 0 Å². The van der Waals surface area contributed by atoms with E-state index in [1.54, 1.807) is 6.92 Å². The maximum Gasteiger partial charge on any atom is 0.308 e. The topological polar surface area (TPSA) is 46.6 Å². The van der Waals surface area contributed by atoms with Crippen LogP contribution in [-0.2, 0) is 14.3 Å². The number of benzene rings is 1. The Morgan fingerprint density at radius 2 is 2.00 bits per heavy atom. The van der Waals surface area contributed by atoms with Crippen molar-refractivity contribution in [2.75, 3.05) is 18.1 Å². The summed E-state index contributed by atoms with van der Waals surface area (Å²) >= 11 is 0. The number of nitrogens with zero attached hydrogens (tertiary/aromatic N) is 1. The Kier molecular flexibility index (Phi) is 4.56. The minimum atomic E-state index is -0.702. The number of hydrogen-bond acceptors (Lipinski definition) is 3. The van der Waals surface area contributed by atoms with Crippen LogP contribution in [0.15, 0.2) is 18.2 Å². The van der Waals surface area contributed by atoms with Crippen LogP contribution in [0.5, 0.6) is 0 Å².